The molecule has 0 aliphatic heterocycles. The number of aryl methyl sites for hydroxylation is 2. The first-order chi connectivity index (χ1) is 12.4. The van der Waals surface area contributed by atoms with Gasteiger partial charge in [0, 0.05) is 10.4 Å². The standard InChI is InChI=1S/C19H18N2O4S/c1-11-13(3)26-19(20-11)21-18(23)17-9-8-16(25-17)10-24-15-6-4-14(5-7-15)12(2)22/h4-9H,10H2,1-3H3,(H,20,21,23). The quantitative estimate of drug-likeness (QED) is 0.651. The maximum absolute atomic E-state index is 12.2. The Morgan fingerprint density at radius 2 is 1.88 bits per heavy atom. The average Bonchev–Trinajstić information content (AvgIpc) is 3.20. The topological polar surface area (TPSA) is 81.4 Å². The third kappa shape index (κ3) is 4.18. The second-order valence-electron chi connectivity index (χ2n) is 5.75. The Morgan fingerprint density at radius 1 is 1.15 bits per heavy atom. The Morgan fingerprint density at radius 3 is 2.50 bits per heavy atom. The summed E-state index contributed by atoms with van der Waals surface area (Å²) in [5.41, 5.74) is 1.52. The number of thiazole rings is 1. The number of Topliss-reactive ketones (excluding diaryl/α,β-unsaturated/α-hetero) is 1. The molecule has 6 nitrogen and oxygen atoms in total. The van der Waals surface area contributed by atoms with E-state index in [2.05, 4.69) is 10.3 Å². The van der Waals surface area contributed by atoms with Crippen LogP contribution in [0.25, 0.3) is 0 Å². The van der Waals surface area contributed by atoms with Crippen LogP contribution in [0.2, 0.25) is 0 Å². The van der Waals surface area contributed by atoms with Gasteiger partial charge in [0.1, 0.15) is 18.1 Å². The number of hydrogen-bond acceptors (Lipinski definition) is 6. The molecule has 1 N–H and O–H groups in total. The molecule has 0 saturated carbocycles. The van der Waals surface area contributed by atoms with Crippen molar-refractivity contribution in [3.05, 3.63) is 64.1 Å². The van der Waals surface area contributed by atoms with Crippen LogP contribution < -0.4 is 10.1 Å². The van der Waals surface area contributed by atoms with Gasteiger partial charge in [-0.2, -0.15) is 0 Å². The fraction of sp³-hybridized carbons (Fsp3) is 0.211. The number of carbonyl (C=O) groups excluding carboxylic acids is 2. The van der Waals surface area contributed by atoms with Crippen molar-refractivity contribution in [2.45, 2.75) is 27.4 Å². The van der Waals surface area contributed by atoms with Gasteiger partial charge in [-0.15, -0.1) is 11.3 Å². The van der Waals surface area contributed by atoms with Gasteiger partial charge < -0.3 is 9.15 Å². The minimum Gasteiger partial charge on any atom is -0.486 e. The Bertz CT molecular complexity index is 921. The molecular weight excluding hydrogens is 352 g/mol. The van der Waals surface area contributed by atoms with Crippen molar-refractivity contribution in [2.24, 2.45) is 0 Å². The predicted octanol–water partition coefficient (Wildman–Crippen LogP) is 4.39. The van der Waals surface area contributed by atoms with E-state index < -0.39 is 0 Å². The maximum atomic E-state index is 12.2. The van der Waals surface area contributed by atoms with Crippen molar-refractivity contribution in [3.63, 3.8) is 0 Å². The smallest absolute Gasteiger partial charge is 0.293 e. The number of benzene rings is 1. The molecule has 0 spiro atoms. The highest BCUT2D eigenvalue weighted by Gasteiger charge is 2.14. The van der Waals surface area contributed by atoms with Crippen LogP contribution in [-0.2, 0) is 6.61 Å². The van der Waals surface area contributed by atoms with E-state index in [0.717, 1.165) is 10.6 Å². The number of amides is 1. The highest BCUT2D eigenvalue weighted by molar-refractivity contribution is 7.15. The maximum Gasteiger partial charge on any atom is 0.293 e. The van der Waals surface area contributed by atoms with E-state index in [1.54, 1.807) is 36.4 Å². The summed E-state index contributed by atoms with van der Waals surface area (Å²) in [6, 6.07) is 10.1. The lowest BCUT2D eigenvalue weighted by Gasteiger charge is -2.04. The molecule has 2 aromatic heterocycles. The van der Waals surface area contributed by atoms with E-state index in [1.807, 2.05) is 13.8 Å². The molecule has 134 valence electrons. The number of hydrogen-bond donors (Lipinski definition) is 1. The van der Waals surface area contributed by atoms with Gasteiger partial charge in [-0.3, -0.25) is 14.9 Å². The van der Waals surface area contributed by atoms with Gasteiger partial charge in [0.2, 0.25) is 0 Å². The van der Waals surface area contributed by atoms with Gasteiger partial charge in [0.15, 0.2) is 16.7 Å². The Labute approximate surface area is 154 Å². The van der Waals surface area contributed by atoms with Gasteiger partial charge >= 0.3 is 0 Å². The zero-order valence-corrected chi connectivity index (χ0v) is 15.5. The van der Waals surface area contributed by atoms with E-state index in [1.165, 1.54) is 18.3 Å². The van der Waals surface area contributed by atoms with Crippen molar-refractivity contribution in [1.29, 1.82) is 0 Å². The number of nitrogens with one attached hydrogen (secondary N) is 1. The summed E-state index contributed by atoms with van der Waals surface area (Å²) in [6.45, 7) is 5.54. The molecule has 1 amide bonds. The van der Waals surface area contributed by atoms with Crippen molar-refractivity contribution in [1.82, 2.24) is 4.98 Å². The molecule has 0 aliphatic carbocycles. The largest absolute Gasteiger partial charge is 0.486 e. The van der Waals surface area contributed by atoms with Gasteiger partial charge in [0.05, 0.1) is 5.69 Å². The highest BCUT2D eigenvalue weighted by atomic mass is 32.1. The summed E-state index contributed by atoms with van der Waals surface area (Å²) in [4.78, 5) is 28.8. The van der Waals surface area contributed by atoms with Gasteiger partial charge in [-0.05, 0) is 57.2 Å². The molecule has 3 rings (SSSR count). The molecule has 0 radical (unpaired) electrons. The molecular formula is C19H18N2O4S. The van der Waals surface area contributed by atoms with Crippen LogP contribution in [0.5, 0.6) is 5.75 Å². The lowest BCUT2D eigenvalue weighted by atomic mass is 10.1. The highest BCUT2D eigenvalue weighted by Crippen LogP contribution is 2.22. The molecule has 1 aromatic carbocycles. The molecule has 3 aromatic rings. The van der Waals surface area contributed by atoms with Crippen molar-refractivity contribution >= 4 is 28.2 Å². The zero-order valence-electron chi connectivity index (χ0n) is 14.7. The number of furan rings is 1. The average molecular weight is 370 g/mol. The molecule has 0 saturated heterocycles. The molecule has 0 atom stereocenters. The molecule has 26 heavy (non-hydrogen) atoms. The summed E-state index contributed by atoms with van der Waals surface area (Å²) in [5.74, 6) is 0.990. The third-order valence-electron chi connectivity index (χ3n) is 3.78. The number of ether oxygens (including phenoxy) is 1. The number of rotatable bonds is 6. The minimum atomic E-state index is -0.351. The lowest BCUT2D eigenvalue weighted by Crippen LogP contribution is -2.10. The first-order valence-electron chi connectivity index (χ1n) is 8.00. The fourth-order valence-corrected chi connectivity index (χ4v) is 3.01. The van der Waals surface area contributed by atoms with E-state index >= 15 is 0 Å². The predicted molar refractivity (Wildman–Crippen MR) is 99.0 cm³/mol. The molecule has 0 unspecified atom stereocenters. The van der Waals surface area contributed by atoms with Crippen LogP contribution in [0.4, 0.5) is 5.13 Å². The number of nitrogens with zero attached hydrogens (tertiary/aromatic N) is 1. The summed E-state index contributed by atoms with van der Waals surface area (Å²) in [5, 5.41) is 3.27. The number of ketones is 1. The second-order valence-corrected chi connectivity index (χ2v) is 6.95. The van der Waals surface area contributed by atoms with Crippen molar-refractivity contribution in [2.75, 3.05) is 5.32 Å². The Balaban J connectivity index is 1.58. The van der Waals surface area contributed by atoms with Crippen LogP contribution in [0.1, 0.15) is 44.2 Å². The molecule has 0 aliphatic rings. The normalized spacial score (nSPS) is 10.6. The molecule has 0 bridgehead atoms. The molecule has 2 heterocycles. The summed E-state index contributed by atoms with van der Waals surface area (Å²) >= 11 is 1.42. The number of carbonyl (C=O) groups is 2. The van der Waals surface area contributed by atoms with Gasteiger partial charge in [-0.1, -0.05) is 0 Å². The molecule has 0 fully saturated rings. The number of aromatic nitrogens is 1. The van der Waals surface area contributed by atoms with Crippen molar-refractivity contribution < 1.29 is 18.7 Å². The lowest BCUT2D eigenvalue weighted by molar-refractivity contribution is 0.0990. The van der Waals surface area contributed by atoms with Gasteiger partial charge in [-0.25, -0.2) is 4.98 Å². The van der Waals surface area contributed by atoms with E-state index in [0.29, 0.717) is 22.2 Å². The van der Waals surface area contributed by atoms with Crippen LogP contribution >= 0.6 is 11.3 Å². The molecule has 7 heteroatoms. The zero-order chi connectivity index (χ0) is 18.7. The summed E-state index contributed by atoms with van der Waals surface area (Å²) in [7, 11) is 0. The fourth-order valence-electron chi connectivity index (χ4n) is 2.20. The van der Waals surface area contributed by atoms with Gasteiger partial charge in [0.25, 0.3) is 5.91 Å². The minimum absolute atomic E-state index is 0.00357. The Hall–Kier alpha value is -2.93. The second kappa shape index (κ2) is 7.53. The van der Waals surface area contributed by atoms with E-state index in [9.17, 15) is 9.59 Å². The van der Waals surface area contributed by atoms with Crippen LogP contribution in [0.15, 0.2) is 40.8 Å². The van der Waals surface area contributed by atoms with Crippen molar-refractivity contribution in [3.8, 4) is 5.75 Å². The Kier molecular flexibility index (Phi) is 5.18. The van der Waals surface area contributed by atoms with E-state index in [4.69, 9.17) is 9.15 Å². The van der Waals surface area contributed by atoms with E-state index in [-0.39, 0.29) is 24.1 Å². The van der Waals surface area contributed by atoms with Crippen LogP contribution in [-0.4, -0.2) is 16.7 Å². The summed E-state index contributed by atoms with van der Waals surface area (Å²) < 4.78 is 11.1. The van der Waals surface area contributed by atoms with Crippen LogP contribution in [0.3, 0.4) is 0 Å². The first kappa shape index (κ1) is 17.9. The first-order valence-corrected chi connectivity index (χ1v) is 8.82. The number of anilines is 1. The monoisotopic (exact) mass is 370 g/mol. The summed E-state index contributed by atoms with van der Waals surface area (Å²) in [6.07, 6.45) is 0. The third-order valence-corrected chi connectivity index (χ3v) is 4.76. The SMILES string of the molecule is CC(=O)c1ccc(OCc2ccc(C(=O)Nc3nc(C)c(C)s3)o2)cc1. The van der Waals surface area contributed by atoms with Crippen LogP contribution in [0, 0.1) is 13.8 Å².